The maximum atomic E-state index is 12.0. The van der Waals surface area contributed by atoms with Crippen LogP contribution in [0, 0.1) is 6.92 Å². The van der Waals surface area contributed by atoms with Crippen LogP contribution < -0.4 is 10.1 Å². The van der Waals surface area contributed by atoms with E-state index in [4.69, 9.17) is 4.74 Å². The first-order chi connectivity index (χ1) is 12.0. The van der Waals surface area contributed by atoms with Gasteiger partial charge in [-0.15, -0.1) is 0 Å². The van der Waals surface area contributed by atoms with Gasteiger partial charge < -0.3 is 15.2 Å². The van der Waals surface area contributed by atoms with Gasteiger partial charge in [0.05, 0.1) is 6.61 Å². The fraction of sp³-hybridized carbons (Fsp3) is 0.300. The standard InChI is InChI=1S/C20H23NO4/c1-15-7-5-10-17(13-15)25-12-6-11-19(22)21-18(20(23)24)14-16-8-3-2-4-9-16/h2-5,7-10,13,18H,6,11-12,14H2,1H3,(H,21,22)(H,23,24). The molecule has 0 radical (unpaired) electrons. The van der Waals surface area contributed by atoms with Crippen molar-refractivity contribution in [2.75, 3.05) is 6.61 Å². The van der Waals surface area contributed by atoms with Crippen LogP contribution in [0.3, 0.4) is 0 Å². The van der Waals surface area contributed by atoms with Gasteiger partial charge in [-0.25, -0.2) is 4.79 Å². The predicted octanol–water partition coefficient (Wildman–Crippen LogP) is 2.97. The first-order valence-electron chi connectivity index (χ1n) is 8.30. The lowest BCUT2D eigenvalue weighted by Crippen LogP contribution is -2.42. The summed E-state index contributed by atoms with van der Waals surface area (Å²) in [6, 6.07) is 16.0. The van der Waals surface area contributed by atoms with E-state index in [1.54, 1.807) is 0 Å². The van der Waals surface area contributed by atoms with Gasteiger partial charge in [-0.3, -0.25) is 4.79 Å². The normalized spacial score (nSPS) is 11.6. The Morgan fingerprint density at radius 3 is 2.56 bits per heavy atom. The monoisotopic (exact) mass is 341 g/mol. The molecule has 0 aliphatic rings. The Kier molecular flexibility index (Phi) is 7.01. The van der Waals surface area contributed by atoms with Crippen molar-refractivity contribution in [3.8, 4) is 5.75 Å². The predicted molar refractivity (Wildman–Crippen MR) is 95.6 cm³/mol. The van der Waals surface area contributed by atoms with Crippen molar-refractivity contribution in [2.45, 2.75) is 32.2 Å². The number of rotatable bonds is 9. The molecule has 2 N–H and O–H groups in total. The topological polar surface area (TPSA) is 75.6 Å². The second-order valence-corrected chi connectivity index (χ2v) is 5.92. The van der Waals surface area contributed by atoms with Crippen molar-refractivity contribution in [3.63, 3.8) is 0 Å². The van der Waals surface area contributed by atoms with Crippen LogP contribution in [0.2, 0.25) is 0 Å². The molecule has 0 heterocycles. The van der Waals surface area contributed by atoms with E-state index in [-0.39, 0.29) is 18.7 Å². The lowest BCUT2D eigenvalue weighted by atomic mass is 10.1. The van der Waals surface area contributed by atoms with Crippen LogP contribution in [0.4, 0.5) is 0 Å². The Morgan fingerprint density at radius 1 is 1.12 bits per heavy atom. The molecule has 0 aliphatic heterocycles. The first kappa shape index (κ1) is 18.5. The molecule has 0 saturated carbocycles. The third kappa shape index (κ3) is 6.67. The molecule has 1 atom stereocenters. The van der Waals surface area contributed by atoms with E-state index in [1.807, 2.05) is 61.5 Å². The zero-order valence-electron chi connectivity index (χ0n) is 14.3. The molecule has 1 amide bonds. The van der Waals surface area contributed by atoms with Crippen LogP contribution in [0.1, 0.15) is 24.0 Å². The fourth-order valence-corrected chi connectivity index (χ4v) is 2.44. The molecule has 25 heavy (non-hydrogen) atoms. The summed E-state index contributed by atoms with van der Waals surface area (Å²) in [7, 11) is 0. The molecule has 2 rings (SSSR count). The molecule has 132 valence electrons. The summed E-state index contributed by atoms with van der Waals surface area (Å²) in [6.45, 7) is 2.40. The molecular formula is C20H23NO4. The van der Waals surface area contributed by atoms with Crippen molar-refractivity contribution in [2.24, 2.45) is 0 Å². The van der Waals surface area contributed by atoms with E-state index in [2.05, 4.69) is 5.32 Å². The average molecular weight is 341 g/mol. The smallest absolute Gasteiger partial charge is 0.326 e. The molecule has 0 spiro atoms. The minimum absolute atomic E-state index is 0.227. The molecule has 5 heteroatoms. The molecule has 2 aromatic carbocycles. The summed E-state index contributed by atoms with van der Waals surface area (Å²) < 4.78 is 5.59. The fourth-order valence-electron chi connectivity index (χ4n) is 2.44. The Morgan fingerprint density at radius 2 is 1.88 bits per heavy atom. The van der Waals surface area contributed by atoms with E-state index in [9.17, 15) is 14.7 Å². The summed E-state index contributed by atoms with van der Waals surface area (Å²) in [5.41, 5.74) is 1.98. The number of carboxylic acid groups (broad SMARTS) is 1. The lowest BCUT2D eigenvalue weighted by molar-refractivity contribution is -0.141. The second-order valence-electron chi connectivity index (χ2n) is 5.92. The number of carbonyl (C=O) groups is 2. The molecule has 0 aromatic heterocycles. The van der Waals surface area contributed by atoms with E-state index >= 15 is 0 Å². The highest BCUT2D eigenvalue weighted by Gasteiger charge is 2.20. The van der Waals surface area contributed by atoms with Gasteiger partial charge in [0.1, 0.15) is 11.8 Å². The van der Waals surface area contributed by atoms with E-state index in [0.717, 1.165) is 16.9 Å². The molecule has 1 unspecified atom stereocenters. The molecule has 0 aliphatic carbocycles. The van der Waals surface area contributed by atoms with Crippen molar-refractivity contribution in [3.05, 3.63) is 65.7 Å². The minimum Gasteiger partial charge on any atom is -0.494 e. The quantitative estimate of drug-likeness (QED) is 0.688. The number of aliphatic carboxylic acids is 1. The lowest BCUT2D eigenvalue weighted by Gasteiger charge is -2.15. The summed E-state index contributed by atoms with van der Waals surface area (Å²) in [6.07, 6.45) is 1.02. The average Bonchev–Trinajstić information content (AvgIpc) is 2.59. The maximum absolute atomic E-state index is 12.0. The maximum Gasteiger partial charge on any atom is 0.326 e. The number of hydrogen-bond donors (Lipinski definition) is 2. The summed E-state index contributed by atoms with van der Waals surface area (Å²) in [5, 5.41) is 11.9. The van der Waals surface area contributed by atoms with Crippen molar-refractivity contribution >= 4 is 11.9 Å². The molecule has 5 nitrogen and oxygen atoms in total. The summed E-state index contributed by atoms with van der Waals surface area (Å²) in [5.74, 6) is -0.544. The number of hydrogen-bond acceptors (Lipinski definition) is 3. The van der Waals surface area contributed by atoms with Gasteiger partial charge >= 0.3 is 5.97 Å². The number of ether oxygens (including phenoxy) is 1. The van der Waals surface area contributed by atoms with Gasteiger partial charge in [0, 0.05) is 12.8 Å². The Bertz CT molecular complexity index is 700. The van der Waals surface area contributed by atoms with Crippen LogP contribution in [-0.4, -0.2) is 29.6 Å². The van der Waals surface area contributed by atoms with Gasteiger partial charge in [-0.2, -0.15) is 0 Å². The van der Waals surface area contributed by atoms with Crippen LogP contribution in [0.15, 0.2) is 54.6 Å². The van der Waals surface area contributed by atoms with Crippen molar-refractivity contribution in [1.82, 2.24) is 5.32 Å². The Balaban J connectivity index is 1.74. The molecule has 0 bridgehead atoms. The van der Waals surface area contributed by atoms with Crippen LogP contribution in [0.25, 0.3) is 0 Å². The number of carboxylic acids is 1. The van der Waals surface area contributed by atoms with Crippen LogP contribution >= 0.6 is 0 Å². The van der Waals surface area contributed by atoms with Crippen LogP contribution in [-0.2, 0) is 16.0 Å². The second kappa shape index (κ2) is 9.47. The zero-order valence-corrected chi connectivity index (χ0v) is 14.3. The molecule has 2 aromatic rings. The molecular weight excluding hydrogens is 318 g/mol. The van der Waals surface area contributed by atoms with Crippen LogP contribution in [0.5, 0.6) is 5.75 Å². The van der Waals surface area contributed by atoms with E-state index in [1.165, 1.54) is 0 Å². The van der Waals surface area contributed by atoms with Gasteiger partial charge in [-0.05, 0) is 36.6 Å². The Labute approximate surface area is 147 Å². The largest absolute Gasteiger partial charge is 0.494 e. The van der Waals surface area contributed by atoms with Gasteiger partial charge in [0.2, 0.25) is 5.91 Å². The van der Waals surface area contributed by atoms with Crippen molar-refractivity contribution in [1.29, 1.82) is 0 Å². The summed E-state index contributed by atoms with van der Waals surface area (Å²) in [4.78, 5) is 23.3. The van der Waals surface area contributed by atoms with Gasteiger partial charge in [0.15, 0.2) is 0 Å². The highest BCUT2D eigenvalue weighted by molar-refractivity contribution is 5.83. The first-order valence-corrected chi connectivity index (χ1v) is 8.30. The Hall–Kier alpha value is -2.82. The van der Waals surface area contributed by atoms with Gasteiger partial charge in [-0.1, -0.05) is 42.5 Å². The van der Waals surface area contributed by atoms with E-state index in [0.29, 0.717) is 13.0 Å². The third-order valence-corrected chi connectivity index (χ3v) is 3.72. The number of benzene rings is 2. The number of nitrogens with one attached hydrogen (secondary N) is 1. The number of carbonyl (C=O) groups excluding carboxylic acids is 1. The highest BCUT2D eigenvalue weighted by Crippen LogP contribution is 2.12. The third-order valence-electron chi connectivity index (χ3n) is 3.72. The highest BCUT2D eigenvalue weighted by atomic mass is 16.5. The molecule has 0 fully saturated rings. The van der Waals surface area contributed by atoms with Gasteiger partial charge in [0.25, 0.3) is 0 Å². The molecule has 0 saturated heterocycles. The summed E-state index contributed by atoms with van der Waals surface area (Å²) >= 11 is 0. The number of aryl methyl sites for hydroxylation is 1. The SMILES string of the molecule is Cc1cccc(OCCCC(=O)NC(Cc2ccccc2)C(=O)O)c1. The van der Waals surface area contributed by atoms with Crippen molar-refractivity contribution < 1.29 is 19.4 Å². The number of amides is 1. The zero-order chi connectivity index (χ0) is 18.1. The minimum atomic E-state index is -1.03. The van der Waals surface area contributed by atoms with E-state index < -0.39 is 12.0 Å².